The number of carbonyl (C=O) groups excluding carboxylic acids is 1. The minimum atomic E-state index is -0.250. The van der Waals surface area contributed by atoms with Crippen molar-refractivity contribution in [1.29, 1.82) is 0 Å². The lowest BCUT2D eigenvalue weighted by atomic mass is 10.1. The van der Waals surface area contributed by atoms with Crippen LogP contribution in [0.3, 0.4) is 0 Å². The molecule has 1 aliphatic carbocycles. The summed E-state index contributed by atoms with van der Waals surface area (Å²) in [5.41, 5.74) is 0. The highest BCUT2D eigenvalue weighted by atomic mass is 16.3. The van der Waals surface area contributed by atoms with Crippen LogP contribution in [-0.4, -0.2) is 17.4 Å². The average Bonchev–Trinajstić information content (AvgIpc) is 2.19. The molecule has 0 saturated heterocycles. The van der Waals surface area contributed by atoms with Crippen LogP contribution in [-0.2, 0) is 9.59 Å². The fourth-order valence-electron chi connectivity index (χ4n) is 0.990. The first-order valence-corrected chi connectivity index (χ1v) is 3.33. The summed E-state index contributed by atoms with van der Waals surface area (Å²) in [6.07, 6.45) is 3.08. The van der Waals surface area contributed by atoms with E-state index in [1.165, 1.54) is 0 Å². The lowest BCUT2D eigenvalue weighted by Gasteiger charge is -1.91. The van der Waals surface area contributed by atoms with Crippen molar-refractivity contribution in [2.75, 3.05) is 0 Å². The van der Waals surface area contributed by atoms with Crippen LogP contribution in [0.2, 0.25) is 0 Å². The van der Waals surface area contributed by atoms with E-state index in [2.05, 4.69) is 0 Å². The highest BCUT2D eigenvalue weighted by Crippen LogP contribution is 2.19. The molecule has 1 unspecified atom stereocenters. The second kappa shape index (κ2) is 4.97. The first kappa shape index (κ1) is 9.14. The van der Waals surface area contributed by atoms with E-state index in [0.29, 0.717) is 11.7 Å². The Hall–Kier alpha value is -0.860. The Kier molecular flexibility index (Phi) is 4.54. The summed E-state index contributed by atoms with van der Waals surface area (Å²) >= 11 is 0. The van der Waals surface area contributed by atoms with Gasteiger partial charge in [0.15, 0.2) is 0 Å². The molecule has 10 heavy (non-hydrogen) atoms. The predicted molar refractivity (Wildman–Crippen MR) is 36.7 cm³/mol. The lowest BCUT2D eigenvalue weighted by Crippen LogP contribution is -1.98. The molecule has 0 aromatic carbocycles. The smallest absolute Gasteiger partial charge is 0.290 e. The number of carboxylic acid groups (broad SMARTS) is 1. The van der Waals surface area contributed by atoms with Gasteiger partial charge in [-0.05, 0) is 12.8 Å². The maximum atomic E-state index is 10.6. The molecule has 1 saturated carbocycles. The van der Waals surface area contributed by atoms with Crippen LogP contribution < -0.4 is 0 Å². The van der Waals surface area contributed by atoms with Crippen molar-refractivity contribution in [2.45, 2.75) is 26.2 Å². The minimum Gasteiger partial charge on any atom is -0.483 e. The maximum absolute atomic E-state index is 10.6. The Bertz CT molecular complexity index is 120. The summed E-state index contributed by atoms with van der Waals surface area (Å²) in [7, 11) is 0. The Morgan fingerprint density at radius 2 is 2.20 bits per heavy atom. The molecule has 1 fully saturated rings. The van der Waals surface area contributed by atoms with Gasteiger partial charge in [0.2, 0.25) is 0 Å². The van der Waals surface area contributed by atoms with E-state index in [4.69, 9.17) is 9.90 Å². The summed E-state index contributed by atoms with van der Waals surface area (Å²) < 4.78 is 0. The van der Waals surface area contributed by atoms with Crippen LogP contribution in [0.1, 0.15) is 26.2 Å². The van der Waals surface area contributed by atoms with Gasteiger partial charge in [-0.2, -0.15) is 0 Å². The zero-order chi connectivity index (χ0) is 7.98. The zero-order valence-corrected chi connectivity index (χ0v) is 6.04. The molecular formula is C7H12O3. The van der Waals surface area contributed by atoms with Crippen molar-refractivity contribution in [2.24, 2.45) is 5.92 Å². The SMILES string of the molecule is CC1CCCC1=O.O=CO. The second-order valence-corrected chi connectivity index (χ2v) is 2.36. The van der Waals surface area contributed by atoms with Gasteiger partial charge in [-0.15, -0.1) is 0 Å². The second-order valence-electron chi connectivity index (χ2n) is 2.36. The van der Waals surface area contributed by atoms with Gasteiger partial charge < -0.3 is 5.11 Å². The van der Waals surface area contributed by atoms with Crippen LogP contribution in [0.4, 0.5) is 0 Å². The molecule has 0 bridgehead atoms. The first-order valence-electron chi connectivity index (χ1n) is 3.33. The van der Waals surface area contributed by atoms with E-state index >= 15 is 0 Å². The molecule has 1 rings (SSSR count). The lowest BCUT2D eigenvalue weighted by molar-refractivity contribution is -0.123. The zero-order valence-electron chi connectivity index (χ0n) is 6.04. The fourth-order valence-corrected chi connectivity index (χ4v) is 0.990. The van der Waals surface area contributed by atoms with Gasteiger partial charge in [0, 0.05) is 12.3 Å². The molecule has 3 heteroatoms. The Balaban J connectivity index is 0.000000236. The molecule has 1 atom stereocenters. The van der Waals surface area contributed by atoms with E-state index < -0.39 is 0 Å². The van der Waals surface area contributed by atoms with Crippen molar-refractivity contribution in [3.63, 3.8) is 0 Å². The summed E-state index contributed by atoms with van der Waals surface area (Å²) in [5, 5.41) is 6.89. The predicted octanol–water partition coefficient (Wildman–Crippen LogP) is 1.08. The van der Waals surface area contributed by atoms with Gasteiger partial charge in [0.05, 0.1) is 0 Å². The van der Waals surface area contributed by atoms with Crippen LogP contribution >= 0.6 is 0 Å². The van der Waals surface area contributed by atoms with Crippen LogP contribution in [0.5, 0.6) is 0 Å². The third kappa shape index (κ3) is 3.22. The Morgan fingerprint density at radius 1 is 1.70 bits per heavy atom. The van der Waals surface area contributed by atoms with Gasteiger partial charge in [0.25, 0.3) is 6.47 Å². The molecule has 0 radical (unpaired) electrons. The third-order valence-corrected chi connectivity index (χ3v) is 1.61. The van der Waals surface area contributed by atoms with Gasteiger partial charge in [-0.3, -0.25) is 9.59 Å². The molecule has 58 valence electrons. The quantitative estimate of drug-likeness (QED) is 0.517. The number of rotatable bonds is 0. The number of carbonyl (C=O) groups is 2. The van der Waals surface area contributed by atoms with E-state index in [0.717, 1.165) is 19.3 Å². The van der Waals surface area contributed by atoms with E-state index in [1.54, 1.807) is 0 Å². The average molecular weight is 144 g/mol. The highest BCUT2D eigenvalue weighted by molar-refractivity contribution is 5.82. The van der Waals surface area contributed by atoms with Crippen molar-refractivity contribution in [3.05, 3.63) is 0 Å². The van der Waals surface area contributed by atoms with Crippen LogP contribution in [0, 0.1) is 5.92 Å². The molecule has 0 aromatic rings. The minimum absolute atomic E-state index is 0.250. The molecule has 3 nitrogen and oxygen atoms in total. The summed E-state index contributed by atoms with van der Waals surface area (Å²) in [4.78, 5) is 18.9. The summed E-state index contributed by atoms with van der Waals surface area (Å²) in [6.45, 7) is 1.76. The molecule has 1 aliphatic rings. The van der Waals surface area contributed by atoms with Crippen molar-refractivity contribution < 1.29 is 14.7 Å². The summed E-state index contributed by atoms with van der Waals surface area (Å²) in [5.74, 6) is 0.833. The number of Topliss-reactive ketones (excluding diaryl/α,β-unsaturated/α-hetero) is 1. The standard InChI is InChI=1S/C6H10O.CH2O2/c1-5-3-2-4-6(5)7;2-1-3/h5H,2-4H2,1H3;1H,(H,2,3). The number of hydrogen-bond acceptors (Lipinski definition) is 2. The maximum Gasteiger partial charge on any atom is 0.290 e. The number of ketones is 1. The number of hydrogen-bond donors (Lipinski definition) is 1. The van der Waals surface area contributed by atoms with Gasteiger partial charge in [-0.1, -0.05) is 6.92 Å². The molecule has 0 amide bonds. The molecule has 0 spiro atoms. The Labute approximate surface area is 60.0 Å². The largest absolute Gasteiger partial charge is 0.483 e. The fraction of sp³-hybridized carbons (Fsp3) is 0.714. The van der Waals surface area contributed by atoms with Gasteiger partial charge in [0.1, 0.15) is 5.78 Å². The molecule has 0 aliphatic heterocycles. The first-order chi connectivity index (χ1) is 4.72. The molecule has 0 heterocycles. The topological polar surface area (TPSA) is 54.4 Å². The van der Waals surface area contributed by atoms with Crippen LogP contribution in [0.25, 0.3) is 0 Å². The van der Waals surface area contributed by atoms with E-state index in [1.807, 2.05) is 6.92 Å². The van der Waals surface area contributed by atoms with Crippen molar-refractivity contribution in [1.82, 2.24) is 0 Å². The van der Waals surface area contributed by atoms with Crippen LogP contribution in [0.15, 0.2) is 0 Å². The van der Waals surface area contributed by atoms with Gasteiger partial charge in [-0.25, -0.2) is 0 Å². The normalized spacial score (nSPS) is 23.3. The summed E-state index contributed by atoms with van der Waals surface area (Å²) in [6, 6.07) is 0. The molecule has 1 N–H and O–H groups in total. The monoisotopic (exact) mass is 144 g/mol. The van der Waals surface area contributed by atoms with E-state index in [-0.39, 0.29) is 6.47 Å². The molecular weight excluding hydrogens is 132 g/mol. The Morgan fingerprint density at radius 3 is 2.30 bits per heavy atom. The van der Waals surface area contributed by atoms with E-state index in [9.17, 15) is 4.79 Å². The van der Waals surface area contributed by atoms with Crippen molar-refractivity contribution in [3.8, 4) is 0 Å². The highest BCUT2D eigenvalue weighted by Gasteiger charge is 2.18. The van der Waals surface area contributed by atoms with Gasteiger partial charge >= 0.3 is 0 Å². The third-order valence-electron chi connectivity index (χ3n) is 1.61. The molecule has 0 aromatic heterocycles. The van der Waals surface area contributed by atoms with Crippen molar-refractivity contribution >= 4 is 12.3 Å².